The molecule has 0 aliphatic carbocycles. The van der Waals surface area contributed by atoms with Crippen LogP contribution in [0.5, 0.6) is 0 Å². The maximum atomic E-state index is 12.8. The van der Waals surface area contributed by atoms with Crippen molar-refractivity contribution in [1.29, 1.82) is 0 Å². The Morgan fingerprint density at radius 1 is 1.62 bits per heavy atom. The van der Waals surface area contributed by atoms with E-state index in [1.807, 2.05) is 6.92 Å². The van der Waals surface area contributed by atoms with Crippen molar-refractivity contribution < 1.29 is 9.18 Å². The second kappa shape index (κ2) is 6.17. The van der Waals surface area contributed by atoms with Crippen molar-refractivity contribution >= 4 is 5.91 Å². The van der Waals surface area contributed by atoms with Crippen molar-refractivity contribution in [2.75, 3.05) is 6.54 Å². The van der Waals surface area contributed by atoms with Gasteiger partial charge in [-0.25, -0.2) is 4.39 Å². The first-order chi connectivity index (χ1) is 7.63. The van der Waals surface area contributed by atoms with Gasteiger partial charge in [-0.05, 0) is 32.4 Å². The molecule has 0 saturated carbocycles. The standard InChI is InChI=1S/C11H16FN3O/c1-8(3-2-4-13)15-11(16)9-5-10(12)7-14-6-9/h5-8H,2-4,13H2,1H3,(H,15,16). The molecule has 3 N–H and O–H groups in total. The summed E-state index contributed by atoms with van der Waals surface area (Å²) >= 11 is 0. The summed E-state index contributed by atoms with van der Waals surface area (Å²) in [5.41, 5.74) is 5.60. The van der Waals surface area contributed by atoms with E-state index in [0.717, 1.165) is 25.1 Å². The van der Waals surface area contributed by atoms with E-state index in [9.17, 15) is 9.18 Å². The van der Waals surface area contributed by atoms with Crippen molar-refractivity contribution in [2.45, 2.75) is 25.8 Å². The second-order valence-electron chi connectivity index (χ2n) is 3.70. The number of nitrogens with two attached hydrogens (primary N) is 1. The summed E-state index contributed by atoms with van der Waals surface area (Å²) in [6.07, 6.45) is 4.07. The van der Waals surface area contributed by atoms with E-state index < -0.39 is 5.82 Å². The van der Waals surface area contributed by atoms with Crippen molar-refractivity contribution in [3.05, 3.63) is 29.8 Å². The Hall–Kier alpha value is -1.49. The van der Waals surface area contributed by atoms with Gasteiger partial charge in [0, 0.05) is 12.2 Å². The first-order valence-corrected chi connectivity index (χ1v) is 5.25. The highest BCUT2D eigenvalue weighted by atomic mass is 19.1. The molecule has 0 aliphatic rings. The Kier molecular flexibility index (Phi) is 4.85. The van der Waals surface area contributed by atoms with Crippen LogP contribution in [-0.4, -0.2) is 23.5 Å². The van der Waals surface area contributed by atoms with Crippen LogP contribution in [0.3, 0.4) is 0 Å². The first-order valence-electron chi connectivity index (χ1n) is 5.25. The zero-order valence-corrected chi connectivity index (χ0v) is 9.24. The van der Waals surface area contributed by atoms with E-state index in [1.165, 1.54) is 6.20 Å². The predicted octanol–water partition coefficient (Wildman–Crippen LogP) is 1.08. The second-order valence-corrected chi connectivity index (χ2v) is 3.70. The Morgan fingerprint density at radius 2 is 2.38 bits per heavy atom. The third-order valence-corrected chi connectivity index (χ3v) is 2.19. The van der Waals surface area contributed by atoms with E-state index in [0.29, 0.717) is 6.54 Å². The number of rotatable bonds is 5. The molecular formula is C11H16FN3O. The lowest BCUT2D eigenvalue weighted by Crippen LogP contribution is -2.33. The molecule has 4 nitrogen and oxygen atoms in total. The van der Waals surface area contributed by atoms with E-state index in [4.69, 9.17) is 5.73 Å². The number of aromatic nitrogens is 1. The number of nitrogens with one attached hydrogen (secondary N) is 1. The molecule has 1 aromatic heterocycles. The van der Waals surface area contributed by atoms with Crippen molar-refractivity contribution in [3.63, 3.8) is 0 Å². The summed E-state index contributed by atoms with van der Waals surface area (Å²) in [4.78, 5) is 15.2. The van der Waals surface area contributed by atoms with Crippen molar-refractivity contribution in [1.82, 2.24) is 10.3 Å². The predicted molar refractivity (Wildman–Crippen MR) is 59.4 cm³/mol. The lowest BCUT2D eigenvalue weighted by Gasteiger charge is -2.12. The largest absolute Gasteiger partial charge is 0.350 e. The van der Waals surface area contributed by atoms with Gasteiger partial charge in [-0.3, -0.25) is 9.78 Å². The number of halogens is 1. The molecule has 0 spiro atoms. The third kappa shape index (κ3) is 3.94. The van der Waals surface area contributed by atoms with Crippen LogP contribution >= 0.6 is 0 Å². The quantitative estimate of drug-likeness (QED) is 0.787. The highest BCUT2D eigenvalue weighted by Gasteiger charge is 2.10. The van der Waals surface area contributed by atoms with Gasteiger partial charge in [0.25, 0.3) is 5.91 Å². The van der Waals surface area contributed by atoms with Gasteiger partial charge in [0.2, 0.25) is 0 Å². The maximum Gasteiger partial charge on any atom is 0.253 e. The fourth-order valence-electron chi connectivity index (χ4n) is 1.34. The average Bonchev–Trinajstić information content (AvgIpc) is 2.26. The first kappa shape index (κ1) is 12.6. The minimum Gasteiger partial charge on any atom is -0.350 e. The summed E-state index contributed by atoms with van der Waals surface area (Å²) in [7, 11) is 0. The molecule has 0 saturated heterocycles. The number of nitrogens with zero attached hydrogens (tertiary/aromatic N) is 1. The number of carbonyl (C=O) groups excluding carboxylic acids is 1. The van der Waals surface area contributed by atoms with Crippen LogP contribution in [0, 0.1) is 5.82 Å². The summed E-state index contributed by atoms with van der Waals surface area (Å²) < 4.78 is 12.8. The molecule has 1 heterocycles. The molecule has 0 bridgehead atoms. The van der Waals surface area contributed by atoms with Gasteiger partial charge >= 0.3 is 0 Å². The molecule has 1 amide bonds. The number of amides is 1. The Morgan fingerprint density at radius 3 is 3.00 bits per heavy atom. The molecular weight excluding hydrogens is 209 g/mol. The van der Waals surface area contributed by atoms with Crippen LogP contribution in [0.25, 0.3) is 0 Å². The van der Waals surface area contributed by atoms with Crippen LogP contribution in [0.2, 0.25) is 0 Å². The summed E-state index contributed by atoms with van der Waals surface area (Å²) in [5, 5.41) is 2.76. The van der Waals surface area contributed by atoms with Gasteiger partial charge in [0.15, 0.2) is 0 Å². The third-order valence-electron chi connectivity index (χ3n) is 2.19. The van der Waals surface area contributed by atoms with Gasteiger partial charge in [0.1, 0.15) is 5.82 Å². The molecule has 1 aromatic rings. The van der Waals surface area contributed by atoms with Crippen molar-refractivity contribution in [3.8, 4) is 0 Å². The zero-order chi connectivity index (χ0) is 12.0. The number of pyridine rings is 1. The number of carbonyl (C=O) groups is 1. The molecule has 5 heteroatoms. The minimum absolute atomic E-state index is 0.0271. The Bertz CT molecular complexity index is 357. The fraction of sp³-hybridized carbons (Fsp3) is 0.455. The molecule has 0 fully saturated rings. The van der Waals surface area contributed by atoms with Gasteiger partial charge in [-0.15, -0.1) is 0 Å². The molecule has 0 aliphatic heterocycles. The van der Waals surface area contributed by atoms with E-state index in [1.54, 1.807) is 0 Å². The lowest BCUT2D eigenvalue weighted by atomic mass is 10.1. The molecule has 0 aromatic carbocycles. The minimum atomic E-state index is -0.512. The Labute approximate surface area is 94.1 Å². The van der Waals surface area contributed by atoms with Gasteiger partial charge < -0.3 is 11.1 Å². The smallest absolute Gasteiger partial charge is 0.253 e. The van der Waals surface area contributed by atoms with Gasteiger partial charge in [-0.1, -0.05) is 0 Å². The molecule has 1 atom stereocenters. The number of hydrogen-bond acceptors (Lipinski definition) is 3. The van der Waals surface area contributed by atoms with E-state index >= 15 is 0 Å². The van der Waals surface area contributed by atoms with E-state index in [2.05, 4.69) is 10.3 Å². The highest BCUT2D eigenvalue weighted by molar-refractivity contribution is 5.93. The fourth-order valence-corrected chi connectivity index (χ4v) is 1.34. The van der Waals surface area contributed by atoms with Crippen LogP contribution in [-0.2, 0) is 0 Å². The average molecular weight is 225 g/mol. The normalized spacial score (nSPS) is 12.2. The Balaban J connectivity index is 2.52. The highest BCUT2D eigenvalue weighted by Crippen LogP contribution is 2.02. The monoisotopic (exact) mass is 225 g/mol. The van der Waals surface area contributed by atoms with Crippen LogP contribution in [0.4, 0.5) is 4.39 Å². The van der Waals surface area contributed by atoms with Crippen LogP contribution in [0.1, 0.15) is 30.1 Å². The SMILES string of the molecule is CC(CCCN)NC(=O)c1cncc(F)c1. The van der Waals surface area contributed by atoms with E-state index in [-0.39, 0.29) is 17.5 Å². The zero-order valence-electron chi connectivity index (χ0n) is 9.24. The summed E-state index contributed by atoms with van der Waals surface area (Å²) in [6, 6.07) is 1.19. The number of hydrogen-bond donors (Lipinski definition) is 2. The molecule has 1 rings (SSSR count). The lowest BCUT2D eigenvalue weighted by molar-refractivity contribution is 0.0937. The van der Waals surface area contributed by atoms with Crippen molar-refractivity contribution in [2.24, 2.45) is 5.73 Å². The van der Waals surface area contributed by atoms with Gasteiger partial charge in [0.05, 0.1) is 11.8 Å². The maximum absolute atomic E-state index is 12.8. The molecule has 0 radical (unpaired) electrons. The molecule has 1 unspecified atom stereocenters. The molecule has 16 heavy (non-hydrogen) atoms. The molecule has 88 valence electrons. The topological polar surface area (TPSA) is 68.0 Å². The van der Waals surface area contributed by atoms with Crippen LogP contribution < -0.4 is 11.1 Å². The van der Waals surface area contributed by atoms with Crippen LogP contribution in [0.15, 0.2) is 18.5 Å². The van der Waals surface area contributed by atoms with Gasteiger partial charge in [-0.2, -0.15) is 0 Å². The summed E-state index contributed by atoms with van der Waals surface area (Å²) in [6.45, 7) is 2.49. The summed E-state index contributed by atoms with van der Waals surface area (Å²) in [5.74, 6) is -0.821.